The van der Waals surface area contributed by atoms with Gasteiger partial charge in [-0.3, -0.25) is 9.59 Å². The first-order chi connectivity index (χ1) is 11.8. The molecule has 1 heterocycles. The highest BCUT2D eigenvalue weighted by molar-refractivity contribution is 7.12. The van der Waals surface area contributed by atoms with Crippen LogP contribution in [0.15, 0.2) is 6.07 Å². The maximum atomic E-state index is 12.8. The molecule has 25 heavy (non-hydrogen) atoms. The van der Waals surface area contributed by atoms with Gasteiger partial charge in [0.2, 0.25) is 11.8 Å². The minimum absolute atomic E-state index is 0.0451. The van der Waals surface area contributed by atoms with Crippen LogP contribution in [0.4, 0.5) is 0 Å². The average molecular weight is 365 g/mol. The monoisotopic (exact) mass is 364 g/mol. The van der Waals surface area contributed by atoms with Gasteiger partial charge in [-0.15, -0.1) is 11.3 Å². The Morgan fingerprint density at radius 1 is 1.08 bits per heavy atom. The number of aryl methyl sites for hydroxylation is 2. The lowest BCUT2D eigenvalue weighted by Gasteiger charge is -2.27. The highest BCUT2D eigenvalue weighted by Gasteiger charge is 2.29. The van der Waals surface area contributed by atoms with Crippen molar-refractivity contribution in [3.05, 3.63) is 21.4 Å². The van der Waals surface area contributed by atoms with E-state index in [0.717, 1.165) is 31.2 Å². The first-order valence-corrected chi connectivity index (χ1v) is 10.3. The molecule has 1 aromatic rings. The quantitative estimate of drug-likeness (QED) is 0.792. The summed E-state index contributed by atoms with van der Waals surface area (Å²) < 4.78 is 0. The number of thiophene rings is 1. The predicted molar refractivity (Wildman–Crippen MR) is 104 cm³/mol. The van der Waals surface area contributed by atoms with Crippen molar-refractivity contribution in [2.45, 2.75) is 78.8 Å². The summed E-state index contributed by atoms with van der Waals surface area (Å²) in [7, 11) is 0. The highest BCUT2D eigenvalue weighted by Crippen LogP contribution is 2.27. The molecule has 0 aromatic carbocycles. The van der Waals surface area contributed by atoms with Crippen LogP contribution >= 0.6 is 11.3 Å². The Kier molecular flexibility index (Phi) is 7.05. The molecule has 2 amide bonds. The van der Waals surface area contributed by atoms with Gasteiger partial charge in [0.15, 0.2) is 0 Å². The number of hydrogen-bond acceptors (Lipinski definition) is 3. The Morgan fingerprint density at radius 3 is 2.24 bits per heavy atom. The first-order valence-electron chi connectivity index (χ1n) is 9.47. The SMILES string of the molecule is Cc1cc([C@H](C)NC(=O)[C@@H](NC(=O)C2CCCCC2)C(C)C)c(C)s1. The lowest BCUT2D eigenvalue weighted by Crippen LogP contribution is -2.51. The molecule has 1 saturated carbocycles. The van der Waals surface area contributed by atoms with Gasteiger partial charge in [0.05, 0.1) is 6.04 Å². The number of amides is 2. The van der Waals surface area contributed by atoms with Gasteiger partial charge in [-0.1, -0.05) is 33.1 Å². The van der Waals surface area contributed by atoms with Crippen molar-refractivity contribution in [2.75, 3.05) is 0 Å². The third-order valence-corrected chi connectivity index (χ3v) is 6.11. The van der Waals surface area contributed by atoms with Crippen LogP contribution in [0.1, 0.15) is 74.2 Å². The van der Waals surface area contributed by atoms with Crippen LogP contribution < -0.4 is 10.6 Å². The Morgan fingerprint density at radius 2 is 1.72 bits per heavy atom. The minimum Gasteiger partial charge on any atom is -0.348 e. The van der Waals surface area contributed by atoms with Crippen molar-refractivity contribution in [2.24, 2.45) is 11.8 Å². The average Bonchev–Trinajstić information content (AvgIpc) is 2.91. The largest absolute Gasteiger partial charge is 0.348 e. The van der Waals surface area contributed by atoms with E-state index in [-0.39, 0.29) is 29.7 Å². The highest BCUT2D eigenvalue weighted by atomic mass is 32.1. The van der Waals surface area contributed by atoms with Crippen molar-refractivity contribution in [3.8, 4) is 0 Å². The topological polar surface area (TPSA) is 58.2 Å². The van der Waals surface area contributed by atoms with Crippen LogP contribution in [-0.4, -0.2) is 17.9 Å². The number of hydrogen-bond donors (Lipinski definition) is 2. The van der Waals surface area contributed by atoms with E-state index in [0.29, 0.717) is 0 Å². The summed E-state index contributed by atoms with van der Waals surface area (Å²) >= 11 is 1.75. The molecule has 2 N–H and O–H groups in total. The fourth-order valence-corrected chi connectivity index (χ4v) is 4.65. The van der Waals surface area contributed by atoms with E-state index >= 15 is 0 Å². The van der Waals surface area contributed by atoms with E-state index in [9.17, 15) is 9.59 Å². The molecule has 0 radical (unpaired) electrons. The molecule has 1 fully saturated rings. The molecular weight excluding hydrogens is 332 g/mol. The molecule has 2 atom stereocenters. The van der Waals surface area contributed by atoms with Gasteiger partial charge in [-0.25, -0.2) is 0 Å². The van der Waals surface area contributed by atoms with Gasteiger partial charge in [0.25, 0.3) is 0 Å². The van der Waals surface area contributed by atoms with Crippen LogP contribution in [-0.2, 0) is 9.59 Å². The van der Waals surface area contributed by atoms with Crippen molar-refractivity contribution in [1.82, 2.24) is 10.6 Å². The summed E-state index contributed by atoms with van der Waals surface area (Å²) in [6, 6.07) is 1.61. The summed E-state index contributed by atoms with van der Waals surface area (Å²) in [5.74, 6) is 0.0886. The normalized spacial score (nSPS) is 18.0. The molecular formula is C20H32N2O2S. The zero-order chi connectivity index (χ0) is 18.6. The molecule has 2 rings (SSSR count). The van der Waals surface area contributed by atoms with Gasteiger partial charge >= 0.3 is 0 Å². The molecule has 0 bridgehead atoms. The first kappa shape index (κ1) is 20.0. The van der Waals surface area contributed by atoms with Gasteiger partial charge in [0, 0.05) is 15.7 Å². The molecule has 1 aromatic heterocycles. The summed E-state index contributed by atoms with van der Waals surface area (Å²) in [6.45, 7) is 10.1. The number of carbonyl (C=O) groups is 2. The molecule has 0 spiro atoms. The predicted octanol–water partition coefficient (Wildman–Crippen LogP) is 4.26. The van der Waals surface area contributed by atoms with Gasteiger partial charge in [0.1, 0.15) is 6.04 Å². The van der Waals surface area contributed by atoms with Gasteiger partial charge in [-0.2, -0.15) is 0 Å². The van der Waals surface area contributed by atoms with Crippen LogP contribution in [0.2, 0.25) is 0 Å². The Balaban J connectivity index is 1.99. The van der Waals surface area contributed by atoms with E-state index in [1.54, 1.807) is 11.3 Å². The number of rotatable bonds is 6. The summed E-state index contributed by atoms with van der Waals surface area (Å²) in [6.07, 6.45) is 5.34. The van der Waals surface area contributed by atoms with Crippen molar-refractivity contribution in [1.29, 1.82) is 0 Å². The summed E-state index contributed by atoms with van der Waals surface area (Å²) in [4.78, 5) is 27.8. The maximum absolute atomic E-state index is 12.8. The molecule has 4 nitrogen and oxygen atoms in total. The zero-order valence-corrected chi connectivity index (χ0v) is 17.0. The summed E-state index contributed by atoms with van der Waals surface area (Å²) in [5, 5.41) is 6.11. The third kappa shape index (κ3) is 5.30. The fraction of sp³-hybridized carbons (Fsp3) is 0.700. The molecule has 5 heteroatoms. The van der Waals surface area contributed by atoms with Gasteiger partial charge < -0.3 is 10.6 Å². The molecule has 0 aliphatic heterocycles. The Labute approximate surface area is 155 Å². The van der Waals surface area contributed by atoms with E-state index in [1.165, 1.54) is 16.2 Å². The lowest BCUT2D eigenvalue weighted by atomic mass is 9.88. The smallest absolute Gasteiger partial charge is 0.243 e. The lowest BCUT2D eigenvalue weighted by molar-refractivity contribution is -0.133. The Bertz CT molecular complexity index is 603. The number of carbonyl (C=O) groups excluding carboxylic acids is 2. The molecule has 140 valence electrons. The van der Waals surface area contributed by atoms with Crippen LogP contribution in [0.3, 0.4) is 0 Å². The molecule has 0 saturated heterocycles. The Hall–Kier alpha value is -1.36. The minimum atomic E-state index is -0.475. The summed E-state index contributed by atoms with van der Waals surface area (Å²) in [5.41, 5.74) is 1.16. The van der Waals surface area contributed by atoms with E-state index in [4.69, 9.17) is 0 Å². The van der Waals surface area contributed by atoms with E-state index in [2.05, 4.69) is 30.5 Å². The fourth-order valence-electron chi connectivity index (χ4n) is 3.63. The molecule has 1 aliphatic carbocycles. The standard InChI is InChI=1S/C20H32N2O2S/c1-12(2)18(22-19(23)16-9-7-6-8-10-16)20(24)21-14(4)17-11-13(3)25-15(17)5/h11-12,14,16,18H,6-10H2,1-5H3,(H,21,24)(H,22,23)/t14-,18-/m0/s1. The second-order valence-electron chi connectivity index (χ2n) is 7.66. The third-order valence-electron chi connectivity index (χ3n) is 5.13. The van der Waals surface area contributed by atoms with Gasteiger partial charge in [-0.05, 0) is 51.2 Å². The van der Waals surface area contributed by atoms with Crippen molar-refractivity contribution in [3.63, 3.8) is 0 Å². The second kappa shape index (κ2) is 8.84. The second-order valence-corrected chi connectivity index (χ2v) is 9.12. The van der Waals surface area contributed by atoms with Crippen LogP contribution in [0, 0.1) is 25.7 Å². The van der Waals surface area contributed by atoms with Crippen molar-refractivity contribution < 1.29 is 9.59 Å². The number of nitrogens with one attached hydrogen (secondary N) is 2. The molecule has 1 aliphatic rings. The van der Waals surface area contributed by atoms with Crippen LogP contribution in [0.25, 0.3) is 0 Å². The van der Waals surface area contributed by atoms with E-state index in [1.807, 2.05) is 20.8 Å². The zero-order valence-electron chi connectivity index (χ0n) is 16.1. The maximum Gasteiger partial charge on any atom is 0.243 e. The van der Waals surface area contributed by atoms with Crippen molar-refractivity contribution >= 4 is 23.2 Å². The molecule has 0 unspecified atom stereocenters. The van der Waals surface area contributed by atoms with E-state index < -0.39 is 6.04 Å². The van der Waals surface area contributed by atoms with Crippen LogP contribution in [0.5, 0.6) is 0 Å².